The van der Waals surface area contributed by atoms with Crippen molar-refractivity contribution >= 4 is 39.1 Å². The molecule has 5 nitrogen and oxygen atoms in total. The Labute approximate surface area is 181 Å². The maximum Gasteiger partial charge on any atom is 0.224 e. The fourth-order valence-electron chi connectivity index (χ4n) is 3.89. The number of aromatic nitrogens is 1. The number of benzene rings is 2. The lowest BCUT2D eigenvalue weighted by atomic mass is 10.0. The van der Waals surface area contributed by atoms with E-state index in [1.807, 2.05) is 47.4 Å². The molecule has 1 atom stereocenters. The average molecular weight is 422 g/mol. The molecule has 1 saturated heterocycles. The van der Waals surface area contributed by atoms with Crippen LogP contribution in [-0.4, -0.2) is 28.2 Å². The molecule has 1 aliphatic rings. The molecule has 30 heavy (non-hydrogen) atoms. The molecule has 2 aromatic carbocycles. The molecule has 3 aromatic rings. The van der Waals surface area contributed by atoms with E-state index in [1.54, 1.807) is 11.3 Å². The van der Waals surface area contributed by atoms with E-state index in [-0.39, 0.29) is 30.7 Å². The molecule has 0 unspecified atom stereocenters. The molecule has 2 amide bonds. The highest BCUT2D eigenvalue weighted by Crippen LogP contribution is 2.36. The summed E-state index contributed by atoms with van der Waals surface area (Å²) in [6, 6.07) is 16.0. The molecule has 0 spiro atoms. The van der Waals surface area contributed by atoms with Crippen LogP contribution in [0.15, 0.2) is 48.5 Å². The van der Waals surface area contributed by atoms with Crippen LogP contribution in [0.5, 0.6) is 0 Å². The van der Waals surface area contributed by atoms with Crippen LogP contribution in [0.4, 0.5) is 5.69 Å². The van der Waals surface area contributed by atoms with Crippen molar-refractivity contribution in [3.8, 4) is 0 Å². The second-order valence-electron chi connectivity index (χ2n) is 8.09. The smallest absolute Gasteiger partial charge is 0.224 e. The van der Waals surface area contributed by atoms with E-state index < -0.39 is 0 Å². The van der Waals surface area contributed by atoms with Crippen molar-refractivity contribution in [1.29, 1.82) is 0 Å². The number of para-hydroxylation sites is 1. The van der Waals surface area contributed by atoms with Gasteiger partial charge in [-0.2, -0.15) is 0 Å². The number of amides is 2. The Kier molecular flexibility index (Phi) is 6.13. The first-order chi connectivity index (χ1) is 14.5. The van der Waals surface area contributed by atoms with Crippen LogP contribution >= 0.6 is 11.3 Å². The van der Waals surface area contributed by atoms with Crippen LogP contribution < -0.4 is 5.32 Å². The van der Waals surface area contributed by atoms with Crippen molar-refractivity contribution in [2.75, 3.05) is 11.9 Å². The standard InChI is InChI=1S/C24H27N3O2S/c1-16(2)17-9-11-18(12-10-17)25-22(28)13-14-23(29)27-15-5-7-20(27)24-26-19-6-3-4-8-21(19)30-24/h3-4,6,8-12,16,20H,5,7,13-15H2,1-2H3,(H,25,28)/t20-/m1/s1. The number of thiazole rings is 1. The van der Waals surface area contributed by atoms with Gasteiger partial charge in [-0.25, -0.2) is 4.98 Å². The number of nitrogens with one attached hydrogen (secondary N) is 1. The van der Waals surface area contributed by atoms with Gasteiger partial charge in [-0.05, 0) is 48.6 Å². The maximum atomic E-state index is 12.8. The number of fused-ring (bicyclic) bond motifs is 1. The normalized spacial score (nSPS) is 16.4. The zero-order valence-electron chi connectivity index (χ0n) is 17.4. The van der Waals surface area contributed by atoms with Crippen molar-refractivity contribution in [2.45, 2.75) is 51.5 Å². The third kappa shape index (κ3) is 4.54. The monoisotopic (exact) mass is 421 g/mol. The molecule has 0 saturated carbocycles. The first-order valence-corrected chi connectivity index (χ1v) is 11.4. The Morgan fingerprint density at radius 3 is 2.63 bits per heavy atom. The topological polar surface area (TPSA) is 62.3 Å². The van der Waals surface area contributed by atoms with Crippen molar-refractivity contribution in [3.05, 3.63) is 59.1 Å². The van der Waals surface area contributed by atoms with Gasteiger partial charge in [0.05, 0.1) is 16.3 Å². The van der Waals surface area contributed by atoms with Gasteiger partial charge in [0.25, 0.3) is 0 Å². The van der Waals surface area contributed by atoms with Gasteiger partial charge < -0.3 is 10.2 Å². The van der Waals surface area contributed by atoms with Gasteiger partial charge in [-0.15, -0.1) is 11.3 Å². The van der Waals surface area contributed by atoms with E-state index in [4.69, 9.17) is 4.98 Å². The second-order valence-corrected chi connectivity index (χ2v) is 9.15. The Morgan fingerprint density at radius 1 is 1.13 bits per heavy atom. The van der Waals surface area contributed by atoms with Crippen LogP contribution in [0.3, 0.4) is 0 Å². The zero-order chi connectivity index (χ0) is 21.1. The molecule has 1 aliphatic heterocycles. The van der Waals surface area contributed by atoms with Crippen molar-refractivity contribution in [1.82, 2.24) is 9.88 Å². The quantitative estimate of drug-likeness (QED) is 0.571. The van der Waals surface area contributed by atoms with Crippen LogP contribution in [0.2, 0.25) is 0 Å². The van der Waals surface area contributed by atoms with Gasteiger partial charge in [0.15, 0.2) is 0 Å². The fraction of sp³-hybridized carbons (Fsp3) is 0.375. The summed E-state index contributed by atoms with van der Waals surface area (Å²) in [4.78, 5) is 31.8. The van der Waals surface area contributed by atoms with E-state index in [9.17, 15) is 9.59 Å². The summed E-state index contributed by atoms with van der Waals surface area (Å²) in [5.41, 5.74) is 2.99. The third-order valence-corrected chi connectivity index (χ3v) is 6.73. The number of hydrogen-bond acceptors (Lipinski definition) is 4. The van der Waals surface area contributed by atoms with E-state index >= 15 is 0 Å². The molecule has 6 heteroatoms. The van der Waals surface area contributed by atoms with Gasteiger partial charge in [0, 0.05) is 25.1 Å². The van der Waals surface area contributed by atoms with E-state index in [0.717, 1.165) is 40.3 Å². The minimum Gasteiger partial charge on any atom is -0.333 e. The van der Waals surface area contributed by atoms with Crippen LogP contribution in [0.25, 0.3) is 10.2 Å². The molecule has 156 valence electrons. The summed E-state index contributed by atoms with van der Waals surface area (Å²) in [5.74, 6) is 0.356. The molecular weight excluding hydrogens is 394 g/mol. The summed E-state index contributed by atoms with van der Waals surface area (Å²) in [5, 5.41) is 3.89. The fourth-order valence-corrected chi connectivity index (χ4v) is 5.01. The van der Waals surface area contributed by atoms with Gasteiger partial charge in [0.2, 0.25) is 11.8 Å². The molecule has 0 radical (unpaired) electrons. The highest BCUT2D eigenvalue weighted by molar-refractivity contribution is 7.18. The highest BCUT2D eigenvalue weighted by atomic mass is 32.1. The van der Waals surface area contributed by atoms with E-state index in [1.165, 1.54) is 5.56 Å². The second kappa shape index (κ2) is 8.96. The zero-order valence-corrected chi connectivity index (χ0v) is 18.2. The molecule has 4 rings (SSSR count). The Balaban J connectivity index is 1.34. The number of anilines is 1. The number of likely N-dealkylation sites (tertiary alicyclic amines) is 1. The lowest BCUT2D eigenvalue weighted by molar-refractivity contribution is -0.133. The Hall–Kier alpha value is -2.73. The highest BCUT2D eigenvalue weighted by Gasteiger charge is 2.32. The first-order valence-electron chi connectivity index (χ1n) is 10.6. The Morgan fingerprint density at radius 2 is 1.90 bits per heavy atom. The minimum absolute atomic E-state index is 0.0292. The number of rotatable bonds is 6. The first kappa shape index (κ1) is 20.5. The van der Waals surface area contributed by atoms with Gasteiger partial charge >= 0.3 is 0 Å². The number of carbonyl (C=O) groups excluding carboxylic acids is 2. The lowest BCUT2D eigenvalue weighted by Crippen LogP contribution is -2.31. The predicted molar refractivity (Wildman–Crippen MR) is 122 cm³/mol. The van der Waals surface area contributed by atoms with Gasteiger partial charge in [-0.1, -0.05) is 38.1 Å². The number of hydrogen-bond donors (Lipinski definition) is 1. The minimum atomic E-state index is -0.128. The molecule has 1 fully saturated rings. The van der Waals surface area contributed by atoms with E-state index in [2.05, 4.69) is 25.2 Å². The average Bonchev–Trinajstić information content (AvgIpc) is 3.39. The van der Waals surface area contributed by atoms with Gasteiger partial charge in [-0.3, -0.25) is 9.59 Å². The summed E-state index contributed by atoms with van der Waals surface area (Å²) < 4.78 is 1.15. The summed E-state index contributed by atoms with van der Waals surface area (Å²) in [6.45, 7) is 5.01. The number of carbonyl (C=O) groups is 2. The molecule has 1 aromatic heterocycles. The van der Waals surface area contributed by atoms with Crippen molar-refractivity contribution in [2.24, 2.45) is 0 Å². The molecule has 2 heterocycles. The van der Waals surface area contributed by atoms with Crippen LogP contribution in [0, 0.1) is 0 Å². The third-order valence-electron chi connectivity index (χ3n) is 5.60. The molecule has 1 N–H and O–H groups in total. The number of nitrogens with zero attached hydrogens (tertiary/aromatic N) is 2. The van der Waals surface area contributed by atoms with Crippen LogP contribution in [-0.2, 0) is 9.59 Å². The van der Waals surface area contributed by atoms with Crippen LogP contribution in [0.1, 0.15) is 62.1 Å². The molecule has 0 bridgehead atoms. The largest absolute Gasteiger partial charge is 0.333 e. The van der Waals surface area contributed by atoms with Crippen molar-refractivity contribution < 1.29 is 9.59 Å². The van der Waals surface area contributed by atoms with Gasteiger partial charge in [0.1, 0.15) is 5.01 Å². The predicted octanol–water partition coefficient (Wildman–Crippen LogP) is 5.50. The van der Waals surface area contributed by atoms with Crippen molar-refractivity contribution in [3.63, 3.8) is 0 Å². The molecule has 0 aliphatic carbocycles. The molecular formula is C24H27N3O2S. The van der Waals surface area contributed by atoms with E-state index in [0.29, 0.717) is 5.92 Å². The maximum absolute atomic E-state index is 12.8. The Bertz CT molecular complexity index is 1010. The summed E-state index contributed by atoms with van der Waals surface area (Å²) in [6.07, 6.45) is 2.31. The summed E-state index contributed by atoms with van der Waals surface area (Å²) in [7, 11) is 0. The summed E-state index contributed by atoms with van der Waals surface area (Å²) >= 11 is 1.66. The lowest BCUT2D eigenvalue weighted by Gasteiger charge is -2.23. The SMILES string of the molecule is CC(C)c1ccc(NC(=O)CCC(=O)N2CCC[C@@H]2c2nc3ccccc3s2)cc1.